The molecule has 23 heavy (non-hydrogen) atoms. The van der Waals surface area contributed by atoms with Crippen LogP contribution in [-0.2, 0) is 9.53 Å². The number of piperidine rings is 1. The van der Waals surface area contributed by atoms with Crippen LogP contribution in [0.1, 0.15) is 53.4 Å². The van der Waals surface area contributed by atoms with Crippen LogP contribution in [0.15, 0.2) is 0 Å². The Morgan fingerprint density at radius 3 is 2.17 bits per heavy atom. The van der Waals surface area contributed by atoms with Crippen LogP contribution in [0.3, 0.4) is 0 Å². The molecule has 0 aromatic carbocycles. The van der Waals surface area contributed by atoms with E-state index in [0.717, 1.165) is 51.9 Å². The highest BCUT2D eigenvalue weighted by molar-refractivity contribution is 5.81. The Morgan fingerprint density at radius 1 is 1.09 bits per heavy atom. The second kappa shape index (κ2) is 7.51. The lowest BCUT2D eigenvalue weighted by Crippen LogP contribution is -2.52. The minimum absolute atomic E-state index is 0.0597. The second-order valence-electron chi connectivity index (χ2n) is 7.66. The van der Waals surface area contributed by atoms with E-state index in [2.05, 4.69) is 10.2 Å². The third-order valence-corrected chi connectivity index (χ3v) is 4.57. The Balaban J connectivity index is 1.74. The Labute approximate surface area is 139 Å². The second-order valence-corrected chi connectivity index (χ2v) is 7.66. The van der Waals surface area contributed by atoms with Gasteiger partial charge in [-0.05, 0) is 53.4 Å². The zero-order valence-corrected chi connectivity index (χ0v) is 14.9. The Kier molecular flexibility index (Phi) is 5.89. The van der Waals surface area contributed by atoms with E-state index in [0.29, 0.717) is 0 Å². The van der Waals surface area contributed by atoms with E-state index in [9.17, 15) is 9.59 Å². The summed E-state index contributed by atoms with van der Waals surface area (Å²) in [7, 11) is 0. The van der Waals surface area contributed by atoms with Crippen molar-refractivity contribution in [1.29, 1.82) is 0 Å². The zero-order valence-electron chi connectivity index (χ0n) is 14.9. The molecule has 6 heteroatoms. The van der Waals surface area contributed by atoms with Crippen LogP contribution in [-0.4, -0.2) is 65.7 Å². The summed E-state index contributed by atoms with van der Waals surface area (Å²) >= 11 is 0. The van der Waals surface area contributed by atoms with Gasteiger partial charge >= 0.3 is 6.09 Å². The fraction of sp³-hybridized carbons (Fsp3) is 0.882. The Bertz CT molecular complexity index is 419. The van der Waals surface area contributed by atoms with Gasteiger partial charge in [-0.25, -0.2) is 4.79 Å². The van der Waals surface area contributed by atoms with Crippen LogP contribution in [0.25, 0.3) is 0 Å². The van der Waals surface area contributed by atoms with Crippen molar-refractivity contribution >= 4 is 12.0 Å². The highest BCUT2D eigenvalue weighted by atomic mass is 16.6. The molecule has 0 spiro atoms. The molecule has 0 unspecified atom stereocenters. The molecular weight excluding hydrogens is 294 g/mol. The smallest absolute Gasteiger partial charge is 0.407 e. The number of carbonyl (C=O) groups is 2. The predicted octanol–water partition coefficient (Wildman–Crippen LogP) is 1.99. The van der Waals surface area contributed by atoms with Crippen LogP contribution in [0, 0.1) is 0 Å². The van der Waals surface area contributed by atoms with Crippen LogP contribution in [0.5, 0.6) is 0 Å². The fourth-order valence-electron chi connectivity index (χ4n) is 3.26. The van der Waals surface area contributed by atoms with E-state index in [1.54, 1.807) is 0 Å². The van der Waals surface area contributed by atoms with Crippen molar-refractivity contribution < 1.29 is 14.3 Å². The van der Waals surface area contributed by atoms with Crippen LogP contribution in [0.2, 0.25) is 0 Å². The van der Waals surface area contributed by atoms with E-state index in [1.165, 1.54) is 0 Å². The lowest BCUT2D eigenvalue weighted by molar-refractivity contribution is -0.135. The summed E-state index contributed by atoms with van der Waals surface area (Å²) in [5.41, 5.74) is -0.471. The van der Waals surface area contributed by atoms with E-state index < -0.39 is 5.60 Å². The molecule has 132 valence electrons. The van der Waals surface area contributed by atoms with E-state index in [4.69, 9.17) is 4.74 Å². The monoisotopic (exact) mass is 325 g/mol. The SMILES string of the molecule is C[C@@H](C(=O)N1CCCC1)N1CCC(NC(=O)OC(C)(C)C)CC1. The van der Waals surface area contributed by atoms with Gasteiger partial charge in [-0.1, -0.05) is 0 Å². The number of nitrogens with one attached hydrogen (secondary N) is 1. The van der Waals surface area contributed by atoms with Gasteiger partial charge in [-0.2, -0.15) is 0 Å². The first-order chi connectivity index (χ1) is 10.8. The summed E-state index contributed by atoms with van der Waals surface area (Å²) in [4.78, 5) is 28.5. The quantitative estimate of drug-likeness (QED) is 0.862. The highest BCUT2D eigenvalue weighted by Crippen LogP contribution is 2.17. The standard InChI is InChI=1S/C17H31N3O3/c1-13(15(21)20-9-5-6-10-20)19-11-7-14(8-12-19)18-16(22)23-17(2,3)4/h13-14H,5-12H2,1-4H3,(H,18,22)/t13-/m0/s1. The van der Waals surface area contributed by atoms with Gasteiger partial charge in [0.05, 0.1) is 6.04 Å². The summed E-state index contributed by atoms with van der Waals surface area (Å²) in [6.07, 6.45) is 3.62. The molecule has 2 aliphatic heterocycles. The third kappa shape index (κ3) is 5.37. The number of hydrogen-bond donors (Lipinski definition) is 1. The van der Waals surface area contributed by atoms with E-state index >= 15 is 0 Å². The molecule has 1 atom stereocenters. The molecule has 0 radical (unpaired) electrons. The number of nitrogens with zero attached hydrogens (tertiary/aromatic N) is 2. The number of amides is 2. The average molecular weight is 325 g/mol. The minimum atomic E-state index is -0.471. The van der Waals surface area contributed by atoms with Gasteiger partial charge in [0.2, 0.25) is 5.91 Å². The molecule has 0 saturated carbocycles. The van der Waals surface area contributed by atoms with Crippen LogP contribution < -0.4 is 5.32 Å². The number of ether oxygens (including phenoxy) is 1. The Morgan fingerprint density at radius 2 is 1.65 bits per heavy atom. The van der Waals surface area contributed by atoms with Gasteiger partial charge in [0, 0.05) is 32.2 Å². The van der Waals surface area contributed by atoms with Gasteiger partial charge in [0.25, 0.3) is 0 Å². The summed E-state index contributed by atoms with van der Waals surface area (Å²) < 4.78 is 5.30. The van der Waals surface area contributed by atoms with Crippen molar-refractivity contribution in [3.05, 3.63) is 0 Å². The molecule has 2 heterocycles. The van der Waals surface area contributed by atoms with Crippen molar-refractivity contribution in [2.75, 3.05) is 26.2 Å². The number of alkyl carbamates (subject to hydrolysis) is 1. The van der Waals surface area contributed by atoms with Gasteiger partial charge in [0.15, 0.2) is 0 Å². The maximum absolute atomic E-state index is 12.5. The molecule has 2 amide bonds. The fourth-order valence-corrected chi connectivity index (χ4v) is 3.26. The molecule has 0 bridgehead atoms. The first-order valence-electron chi connectivity index (χ1n) is 8.78. The van der Waals surface area contributed by atoms with Gasteiger partial charge in [-0.3, -0.25) is 9.69 Å². The minimum Gasteiger partial charge on any atom is -0.444 e. The highest BCUT2D eigenvalue weighted by Gasteiger charge is 2.31. The number of rotatable bonds is 3. The zero-order chi connectivity index (χ0) is 17.0. The molecule has 0 aromatic rings. The average Bonchev–Trinajstić information content (AvgIpc) is 2.98. The van der Waals surface area contributed by atoms with Crippen molar-refractivity contribution in [2.24, 2.45) is 0 Å². The van der Waals surface area contributed by atoms with Crippen molar-refractivity contribution in [2.45, 2.75) is 71.1 Å². The number of carbonyl (C=O) groups excluding carboxylic acids is 2. The van der Waals surface area contributed by atoms with E-state index in [-0.39, 0.29) is 24.1 Å². The van der Waals surface area contributed by atoms with E-state index in [1.807, 2.05) is 32.6 Å². The van der Waals surface area contributed by atoms with Crippen molar-refractivity contribution in [3.63, 3.8) is 0 Å². The van der Waals surface area contributed by atoms with Crippen molar-refractivity contribution in [3.8, 4) is 0 Å². The summed E-state index contributed by atoms with van der Waals surface area (Å²) in [6.45, 7) is 11.1. The Hall–Kier alpha value is -1.30. The maximum atomic E-state index is 12.5. The molecular formula is C17H31N3O3. The molecule has 2 rings (SSSR count). The lowest BCUT2D eigenvalue weighted by Gasteiger charge is -2.37. The summed E-state index contributed by atoms with van der Waals surface area (Å²) in [5.74, 6) is 0.251. The third-order valence-electron chi connectivity index (χ3n) is 4.57. The van der Waals surface area contributed by atoms with Gasteiger partial charge < -0.3 is 15.0 Å². The van der Waals surface area contributed by atoms with Crippen LogP contribution >= 0.6 is 0 Å². The molecule has 0 aromatic heterocycles. The van der Waals surface area contributed by atoms with Gasteiger partial charge in [0.1, 0.15) is 5.60 Å². The largest absolute Gasteiger partial charge is 0.444 e. The maximum Gasteiger partial charge on any atom is 0.407 e. The molecule has 6 nitrogen and oxygen atoms in total. The van der Waals surface area contributed by atoms with Crippen LogP contribution in [0.4, 0.5) is 4.79 Å². The molecule has 2 saturated heterocycles. The molecule has 0 aliphatic carbocycles. The topological polar surface area (TPSA) is 61.9 Å². The molecule has 1 N–H and O–H groups in total. The first-order valence-corrected chi connectivity index (χ1v) is 8.78. The normalized spacial score (nSPS) is 22.0. The molecule has 2 aliphatic rings. The number of hydrogen-bond acceptors (Lipinski definition) is 4. The first kappa shape index (κ1) is 18.0. The van der Waals surface area contributed by atoms with Gasteiger partial charge in [-0.15, -0.1) is 0 Å². The number of likely N-dealkylation sites (tertiary alicyclic amines) is 2. The summed E-state index contributed by atoms with van der Waals surface area (Å²) in [5, 5.41) is 2.94. The lowest BCUT2D eigenvalue weighted by atomic mass is 10.0. The predicted molar refractivity (Wildman–Crippen MR) is 89.2 cm³/mol. The molecule has 2 fully saturated rings. The summed E-state index contributed by atoms with van der Waals surface area (Å²) in [6, 6.07) is 0.0748. The van der Waals surface area contributed by atoms with Crippen molar-refractivity contribution in [1.82, 2.24) is 15.1 Å².